The molecule has 6 N–H and O–H groups in total. The molecule has 2 aromatic heterocycles. The van der Waals surface area contributed by atoms with Crippen molar-refractivity contribution in [2.24, 2.45) is 0 Å². The number of nitrogens with two attached hydrogens (primary N) is 1. The van der Waals surface area contributed by atoms with E-state index in [1.165, 1.54) is 6.33 Å². The van der Waals surface area contributed by atoms with Gasteiger partial charge in [-0.2, -0.15) is 0 Å². The summed E-state index contributed by atoms with van der Waals surface area (Å²) in [6, 6.07) is 6.99. The van der Waals surface area contributed by atoms with Crippen molar-refractivity contribution in [2.75, 3.05) is 29.0 Å². The number of benzene rings is 1. The molecule has 0 radical (unpaired) electrons. The summed E-state index contributed by atoms with van der Waals surface area (Å²) in [5.74, 6) is 0.316. The van der Waals surface area contributed by atoms with Gasteiger partial charge in [0.05, 0.1) is 16.8 Å². The van der Waals surface area contributed by atoms with Crippen molar-refractivity contribution in [1.29, 1.82) is 0 Å². The minimum absolute atomic E-state index is 0.275. The molecule has 30 heavy (non-hydrogen) atoms. The van der Waals surface area contributed by atoms with Crippen LogP contribution in [0.5, 0.6) is 0 Å². The molecule has 1 aliphatic heterocycles. The molecular formula is C19H20BrN7O3. The van der Waals surface area contributed by atoms with Crippen LogP contribution in [0, 0.1) is 0 Å². The lowest BCUT2D eigenvalue weighted by Crippen LogP contribution is -2.61. The fraction of sp³-hybridized carbons (Fsp3) is 0.263. The number of carbonyl (C=O) groups is 2. The first kappa shape index (κ1) is 20.0. The maximum Gasteiger partial charge on any atom is 0.405 e. The van der Waals surface area contributed by atoms with Gasteiger partial charge in [-0.1, -0.05) is 15.9 Å². The lowest BCUT2D eigenvalue weighted by Gasteiger charge is -2.40. The van der Waals surface area contributed by atoms with E-state index in [-0.39, 0.29) is 12.8 Å². The fourth-order valence-corrected chi connectivity index (χ4v) is 4.09. The van der Waals surface area contributed by atoms with Crippen LogP contribution in [0.15, 0.2) is 41.3 Å². The van der Waals surface area contributed by atoms with Crippen LogP contribution in [0.25, 0.3) is 11.0 Å². The number of H-pyrrole nitrogens is 1. The summed E-state index contributed by atoms with van der Waals surface area (Å²) in [6.45, 7) is 0.891. The summed E-state index contributed by atoms with van der Waals surface area (Å²) in [5.41, 5.74) is 6.25. The molecule has 1 fully saturated rings. The number of nitrogens with one attached hydrogen (secondary N) is 3. The molecular weight excluding hydrogens is 454 g/mol. The molecule has 0 saturated carbocycles. The molecule has 3 heterocycles. The van der Waals surface area contributed by atoms with Crippen molar-refractivity contribution < 1.29 is 14.7 Å². The highest BCUT2D eigenvalue weighted by Gasteiger charge is 2.43. The van der Waals surface area contributed by atoms with Crippen LogP contribution in [0.4, 0.5) is 22.0 Å². The van der Waals surface area contributed by atoms with Crippen LogP contribution in [0.2, 0.25) is 0 Å². The summed E-state index contributed by atoms with van der Waals surface area (Å²) >= 11 is 3.32. The number of hydrogen-bond donors (Lipinski definition) is 5. The fourth-order valence-electron chi connectivity index (χ4n) is 3.71. The first-order chi connectivity index (χ1) is 14.4. The van der Waals surface area contributed by atoms with Gasteiger partial charge in [-0.3, -0.25) is 4.79 Å². The van der Waals surface area contributed by atoms with Gasteiger partial charge in [0.15, 0.2) is 0 Å². The lowest BCUT2D eigenvalue weighted by atomic mass is 9.86. The summed E-state index contributed by atoms with van der Waals surface area (Å²) in [7, 11) is 0. The molecule has 0 spiro atoms. The Bertz CT molecular complexity index is 1110. The van der Waals surface area contributed by atoms with Gasteiger partial charge in [0.25, 0.3) is 0 Å². The molecule has 1 aromatic carbocycles. The Labute approximate surface area is 180 Å². The van der Waals surface area contributed by atoms with E-state index in [0.29, 0.717) is 24.5 Å². The monoisotopic (exact) mass is 473 g/mol. The molecule has 11 heteroatoms. The van der Waals surface area contributed by atoms with E-state index in [2.05, 4.69) is 41.5 Å². The van der Waals surface area contributed by atoms with Crippen LogP contribution in [-0.2, 0) is 4.79 Å². The molecule has 0 unspecified atom stereocenters. The lowest BCUT2D eigenvalue weighted by molar-refractivity contribution is -0.123. The van der Waals surface area contributed by atoms with E-state index in [4.69, 9.17) is 5.73 Å². The average molecular weight is 474 g/mol. The summed E-state index contributed by atoms with van der Waals surface area (Å²) in [6.07, 6.45) is 2.57. The Balaban J connectivity index is 1.55. The van der Waals surface area contributed by atoms with Crippen LogP contribution < -0.4 is 21.3 Å². The first-order valence-electron chi connectivity index (χ1n) is 9.29. The van der Waals surface area contributed by atoms with Gasteiger partial charge in [0, 0.05) is 23.8 Å². The second-order valence-electron chi connectivity index (χ2n) is 7.12. The van der Waals surface area contributed by atoms with Crippen LogP contribution in [0.1, 0.15) is 12.8 Å². The number of aromatic nitrogens is 3. The highest BCUT2D eigenvalue weighted by Crippen LogP contribution is 2.31. The van der Waals surface area contributed by atoms with E-state index in [0.717, 1.165) is 21.3 Å². The topological polar surface area (TPSA) is 149 Å². The molecule has 1 saturated heterocycles. The Morgan fingerprint density at radius 3 is 2.70 bits per heavy atom. The normalized spacial score (nSPS) is 15.7. The zero-order chi connectivity index (χ0) is 21.3. The molecule has 4 rings (SSSR count). The summed E-state index contributed by atoms with van der Waals surface area (Å²) < 4.78 is 0.783. The molecule has 0 atom stereocenters. The number of nitrogen functional groups attached to an aromatic ring is 1. The van der Waals surface area contributed by atoms with Crippen molar-refractivity contribution in [1.82, 2.24) is 20.3 Å². The maximum absolute atomic E-state index is 13.1. The molecule has 1 aliphatic rings. The van der Waals surface area contributed by atoms with Crippen LogP contribution >= 0.6 is 15.9 Å². The van der Waals surface area contributed by atoms with E-state index in [1.54, 1.807) is 24.4 Å². The van der Waals surface area contributed by atoms with Gasteiger partial charge in [-0.15, -0.1) is 0 Å². The minimum Gasteiger partial charge on any atom is -0.465 e. The molecule has 2 amide bonds. The van der Waals surface area contributed by atoms with Crippen molar-refractivity contribution in [3.63, 3.8) is 0 Å². The Morgan fingerprint density at radius 1 is 1.23 bits per heavy atom. The molecule has 10 nitrogen and oxygen atoms in total. The number of anilines is 3. The number of nitrogens with zero attached hydrogens (tertiary/aromatic N) is 3. The first-order valence-corrected chi connectivity index (χ1v) is 10.1. The zero-order valence-electron chi connectivity index (χ0n) is 15.9. The van der Waals surface area contributed by atoms with E-state index in [9.17, 15) is 14.7 Å². The Hall–Kier alpha value is -3.34. The molecule has 0 aliphatic carbocycles. The number of piperidine rings is 1. The number of carboxylic acid groups (broad SMARTS) is 1. The van der Waals surface area contributed by atoms with Gasteiger partial charge >= 0.3 is 6.09 Å². The predicted molar refractivity (Wildman–Crippen MR) is 116 cm³/mol. The number of carbonyl (C=O) groups excluding carboxylic acids is 1. The van der Waals surface area contributed by atoms with E-state index >= 15 is 0 Å². The number of rotatable bonds is 4. The predicted octanol–water partition coefficient (Wildman–Crippen LogP) is 2.55. The standard InChI is InChI=1S/C19H20BrN7O3/c20-11-1-2-14(13(21)9-11)25-17(28)19(26-18(29)30)4-7-27(8-5-19)16-12-3-6-22-15(12)23-10-24-16/h1-3,6,9-10,26H,4-5,7-8,21H2,(H,25,28)(H,29,30)(H,22,23,24). The largest absolute Gasteiger partial charge is 0.465 e. The molecule has 156 valence electrons. The van der Waals surface area contributed by atoms with Gasteiger partial charge in [0.1, 0.15) is 23.3 Å². The van der Waals surface area contributed by atoms with Crippen LogP contribution in [0.3, 0.4) is 0 Å². The third-order valence-electron chi connectivity index (χ3n) is 5.29. The van der Waals surface area contributed by atoms with Crippen molar-refractivity contribution >= 4 is 56.2 Å². The highest BCUT2D eigenvalue weighted by atomic mass is 79.9. The molecule has 0 bridgehead atoms. The number of amides is 2. The van der Waals surface area contributed by atoms with E-state index < -0.39 is 17.5 Å². The molecule has 3 aromatic rings. The van der Waals surface area contributed by atoms with Gasteiger partial charge in [0.2, 0.25) is 5.91 Å². The third-order valence-corrected chi connectivity index (χ3v) is 5.79. The average Bonchev–Trinajstić information content (AvgIpc) is 3.19. The minimum atomic E-state index is -1.27. The zero-order valence-corrected chi connectivity index (χ0v) is 17.4. The smallest absolute Gasteiger partial charge is 0.405 e. The quantitative estimate of drug-likeness (QED) is 0.365. The number of halogens is 1. The summed E-state index contributed by atoms with van der Waals surface area (Å²) in [4.78, 5) is 38.2. The van der Waals surface area contributed by atoms with Crippen LogP contribution in [-0.4, -0.2) is 50.7 Å². The number of aromatic amines is 1. The third kappa shape index (κ3) is 3.75. The second-order valence-corrected chi connectivity index (χ2v) is 8.04. The number of fused-ring (bicyclic) bond motifs is 1. The summed E-state index contributed by atoms with van der Waals surface area (Å²) in [5, 5.41) is 15.5. The van der Waals surface area contributed by atoms with E-state index in [1.807, 2.05) is 11.0 Å². The van der Waals surface area contributed by atoms with Crippen molar-refractivity contribution in [3.05, 3.63) is 41.3 Å². The van der Waals surface area contributed by atoms with Crippen molar-refractivity contribution in [3.8, 4) is 0 Å². The number of hydrogen-bond acceptors (Lipinski definition) is 6. The SMILES string of the molecule is Nc1cc(Br)ccc1NC(=O)C1(NC(=O)O)CCN(c2ncnc3[nH]ccc23)CC1. The van der Waals surface area contributed by atoms with Gasteiger partial charge in [-0.05, 0) is 37.1 Å². The Morgan fingerprint density at radius 2 is 2.00 bits per heavy atom. The van der Waals surface area contributed by atoms with Gasteiger partial charge in [-0.25, -0.2) is 14.8 Å². The maximum atomic E-state index is 13.1. The highest BCUT2D eigenvalue weighted by molar-refractivity contribution is 9.10. The second kappa shape index (κ2) is 7.82. The van der Waals surface area contributed by atoms with Crippen molar-refractivity contribution in [2.45, 2.75) is 18.4 Å². The Kier molecular flexibility index (Phi) is 5.20. The van der Waals surface area contributed by atoms with Gasteiger partial charge < -0.3 is 31.4 Å².